The number of thioether (sulfide) groups is 1. The Balaban J connectivity index is 1.16. The first kappa shape index (κ1) is 35.6. The van der Waals surface area contributed by atoms with Gasteiger partial charge in [-0.25, -0.2) is 0 Å². The van der Waals surface area contributed by atoms with Crippen LogP contribution in [0.1, 0.15) is 201 Å². The van der Waals surface area contributed by atoms with Gasteiger partial charge in [0.15, 0.2) is 5.12 Å². The molecule has 0 aliphatic heterocycles. The van der Waals surface area contributed by atoms with Crippen molar-refractivity contribution >= 4 is 16.9 Å². The fourth-order valence-corrected chi connectivity index (χ4v) is 11.8. The van der Waals surface area contributed by atoms with Crippen LogP contribution in [0.2, 0.25) is 0 Å². The molecule has 1 nitrogen and oxygen atoms in total. The number of carbonyl (C=O) groups is 1. The Kier molecular flexibility index (Phi) is 15.1. The summed E-state index contributed by atoms with van der Waals surface area (Å²) < 4.78 is 0. The van der Waals surface area contributed by atoms with E-state index < -0.39 is 0 Å². The fourth-order valence-electron chi connectivity index (χ4n) is 10.7. The quantitative estimate of drug-likeness (QED) is 0.100. The van der Waals surface area contributed by atoms with E-state index in [2.05, 4.69) is 33.8 Å². The summed E-state index contributed by atoms with van der Waals surface area (Å²) in [6.45, 7) is 9.99. The second-order valence-electron chi connectivity index (χ2n) is 16.3. The molecule has 0 saturated heterocycles. The minimum atomic E-state index is 0.414. The van der Waals surface area contributed by atoms with E-state index in [0.717, 1.165) is 36.5 Å². The van der Waals surface area contributed by atoms with Crippen molar-refractivity contribution in [3.05, 3.63) is 11.6 Å². The number of hydrogen-bond donors (Lipinski definition) is 0. The number of hydrogen-bond acceptors (Lipinski definition) is 2. The average molecular weight is 613 g/mol. The predicted octanol–water partition coefficient (Wildman–Crippen LogP) is 13.6. The predicted molar refractivity (Wildman–Crippen MR) is 191 cm³/mol. The lowest BCUT2D eigenvalue weighted by atomic mass is 9.47. The zero-order valence-corrected chi connectivity index (χ0v) is 30.2. The maximum absolute atomic E-state index is 12.9. The van der Waals surface area contributed by atoms with E-state index in [-0.39, 0.29) is 0 Å². The zero-order chi connectivity index (χ0) is 30.5. The Morgan fingerprint density at radius 2 is 1.33 bits per heavy atom. The van der Waals surface area contributed by atoms with Crippen molar-refractivity contribution in [3.63, 3.8) is 0 Å². The van der Waals surface area contributed by atoms with Crippen LogP contribution in [-0.4, -0.2) is 10.4 Å². The Labute approximate surface area is 273 Å². The number of carbonyl (C=O) groups excluding carboxylic acids is 1. The number of fused-ring (bicyclic) bond motifs is 5. The van der Waals surface area contributed by atoms with Crippen LogP contribution < -0.4 is 0 Å². The lowest BCUT2D eigenvalue weighted by Crippen LogP contribution is -2.50. The summed E-state index contributed by atoms with van der Waals surface area (Å²) in [5, 5.41) is 1.02. The SMILES string of the molecule is CCCCCCCCCCCCCC(=O)S[C@H]1CC[C@@]2(C)C(=CC[C@H]3[C@@H]4CC[C@H](CCCCCCCC)[C@@]4(C)CC[C@@H]32)C1. The molecule has 4 aliphatic rings. The molecule has 0 heterocycles. The molecular formula is C41H72OS. The Morgan fingerprint density at radius 1 is 0.721 bits per heavy atom. The molecule has 3 saturated carbocycles. The van der Waals surface area contributed by atoms with Crippen molar-refractivity contribution in [1.29, 1.82) is 0 Å². The number of allylic oxidation sites excluding steroid dienone is 2. The van der Waals surface area contributed by atoms with Crippen LogP contribution in [-0.2, 0) is 4.79 Å². The molecule has 3 fully saturated rings. The van der Waals surface area contributed by atoms with Gasteiger partial charge >= 0.3 is 0 Å². The molecule has 0 radical (unpaired) electrons. The molecule has 43 heavy (non-hydrogen) atoms. The molecule has 0 spiro atoms. The molecule has 0 amide bonds. The van der Waals surface area contributed by atoms with Gasteiger partial charge in [-0.15, -0.1) is 0 Å². The second-order valence-corrected chi connectivity index (χ2v) is 17.6. The average Bonchev–Trinajstić information content (AvgIpc) is 3.34. The van der Waals surface area contributed by atoms with Crippen LogP contribution in [0, 0.1) is 34.5 Å². The van der Waals surface area contributed by atoms with Crippen molar-refractivity contribution in [1.82, 2.24) is 0 Å². The molecule has 4 rings (SSSR count). The summed E-state index contributed by atoms with van der Waals surface area (Å²) in [5.41, 5.74) is 2.78. The normalized spacial score (nSPS) is 33.5. The Hall–Kier alpha value is -0.240. The van der Waals surface area contributed by atoms with Gasteiger partial charge in [-0.1, -0.05) is 154 Å². The van der Waals surface area contributed by atoms with Crippen LogP contribution >= 0.6 is 11.8 Å². The first-order valence-electron chi connectivity index (χ1n) is 19.8. The summed E-state index contributed by atoms with van der Waals surface area (Å²) in [7, 11) is 0. The number of rotatable bonds is 20. The van der Waals surface area contributed by atoms with Gasteiger partial charge in [-0.2, -0.15) is 0 Å². The maximum Gasteiger partial charge on any atom is 0.189 e. The summed E-state index contributed by atoms with van der Waals surface area (Å²) >= 11 is 1.73. The van der Waals surface area contributed by atoms with Crippen molar-refractivity contribution in [2.45, 2.75) is 206 Å². The summed E-state index contributed by atoms with van der Waals surface area (Å²) in [5.74, 6) is 3.78. The standard InChI is InChI=1S/C41H72OS/c1-5-7-9-11-13-14-15-16-17-19-21-23-39(42)43-35-28-30-41(4)34(32-35)24-26-36-37-27-25-33(22-20-18-12-10-8-6-2)40(37,3)31-29-38(36)41/h24,33,35-38H,5-23,25-32H2,1-4H3/t33-,35-,36-,37-,38-,40+,41-/m0/s1. The van der Waals surface area contributed by atoms with Crippen molar-refractivity contribution < 1.29 is 4.79 Å². The van der Waals surface area contributed by atoms with E-state index in [1.807, 2.05) is 0 Å². The van der Waals surface area contributed by atoms with Gasteiger partial charge in [-0.3, -0.25) is 4.79 Å². The van der Waals surface area contributed by atoms with Gasteiger partial charge in [0.2, 0.25) is 0 Å². The third-order valence-corrected chi connectivity index (χ3v) is 14.6. The van der Waals surface area contributed by atoms with Gasteiger partial charge in [-0.05, 0) is 98.7 Å². The summed E-state index contributed by atoms with van der Waals surface area (Å²) in [6.07, 6.45) is 39.6. The Bertz CT molecular complexity index is 847. The molecule has 0 aromatic carbocycles. The third-order valence-electron chi connectivity index (χ3n) is 13.4. The minimum Gasteiger partial charge on any atom is -0.287 e. The lowest BCUT2D eigenvalue weighted by molar-refractivity contribution is -0.111. The third kappa shape index (κ3) is 9.64. The van der Waals surface area contributed by atoms with Gasteiger partial charge in [0.05, 0.1) is 0 Å². The minimum absolute atomic E-state index is 0.414. The van der Waals surface area contributed by atoms with Crippen molar-refractivity contribution in [2.24, 2.45) is 34.5 Å². The molecule has 2 heteroatoms. The van der Waals surface area contributed by atoms with Crippen LogP contribution in [0.3, 0.4) is 0 Å². The largest absolute Gasteiger partial charge is 0.287 e. The summed E-state index contributed by atoms with van der Waals surface area (Å²) in [6, 6.07) is 0. The highest BCUT2D eigenvalue weighted by atomic mass is 32.2. The molecule has 4 aliphatic carbocycles. The monoisotopic (exact) mass is 613 g/mol. The molecule has 0 unspecified atom stereocenters. The van der Waals surface area contributed by atoms with E-state index in [9.17, 15) is 4.79 Å². The van der Waals surface area contributed by atoms with Crippen LogP contribution in [0.15, 0.2) is 11.6 Å². The van der Waals surface area contributed by atoms with Gasteiger partial charge in [0.25, 0.3) is 0 Å². The first-order valence-corrected chi connectivity index (χ1v) is 20.7. The van der Waals surface area contributed by atoms with Crippen molar-refractivity contribution in [2.75, 3.05) is 0 Å². The first-order chi connectivity index (χ1) is 20.9. The van der Waals surface area contributed by atoms with E-state index in [4.69, 9.17) is 0 Å². The smallest absolute Gasteiger partial charge is 0.189 e. The lowest BCUT2D eigenvalue weighted by Gasteiger charge is -2.58. The topological polar surface area (TPSA) is 17.1 Å². The molecule has 0 bridgehead atoms. The molecule has 248 valence electrons. The number of unbranched alkanes of at least 4 members (excludes halogenated alkanes) is 15. The summed E-state index contributed by atoms with van der Waals surface area (Å²) in [4.78, 5) is 12.9. The van der Waals surface area contributed by atoms with E-state index in [1.54, 1.807) is 17.3 Å². The van der Waals surface area contributed by atoms with E-state index >= 15 is 0 Å². The molecular weight excluding hydrogens is 541 g/mol. The van der Waals surface area contributed by atoms with Crippen LogP contribution in [0.5, 0.6) is 0 Å². The highest BCUT2D eigenvalue weighted by Gasteiger charge is 2.58. The molecule has 0 aromatic rings. The van der Waals surface area contributed by atoms with E-state index in [0.29, 0.717) is 21.2 Å². The van der Waals surface area contributed by atoms with Gasteiger partial charge in [0.1, 0.15) is 0 Å². The Morgan fingerprint density at radius 3 is 1.98 bits per heavy atom. The van der Waals surface area contributed by atoms with Gasteiger partial charge < -0.3 is 0 Å². The highest BCUT2D eigenvalue weighted by Crippen LogP contribution is 2.67. The van der Waals surface area contributed by atoms with Gasteiger partial charge in [0, 0.05) is 11.7 Å². The maximum atomic E-state index is 12.9. The van der Waals surface area contributed by atoms with Crippen LogP contribution in [0.25, 0.3) is 0 Å². The molecule has 0 aromatic heterocycles. The van der Waals surface area contributed by atoms with E-state index in [1.165, 1.54) is 161 Å². The van der Waals surface area contributed by atoms with Crippen LogP contribution in [0.4, 0.5) is 0 Å². The zero-order valence-electron chi connectivity index (χ0n) is 29.4. The molecule has 7 atom stereocenters. The second kappa shape index (κ2) is 18.2. The fraction of sp³-hybridized carbons (Fsp3) is 0.927. The molecule has 0 N–H and O–H groups in total. The highest BCUT2D eigenvalue weighted by molar-refractivity contribution is 8.14. The van der Waals surface area contributed by atoms with Crippen molar-refractivity contribution in [3.8, 4) is 0 Å².